The first-order valence-electron chi connectivity index (χ1n) is 4.92. The van der Waals surface area contributed by atoms with Crippen molar-refractivity contribution in [2.45, 2.75) is 0 Å². The van der Waals surface area contributed by atoms with Gasteiger partial charge in [0.2, 0.25) is 0 Å². The third kappa shape index (κ3) is 3.72. The van der Waals surface area contributed by atoms with Gasteiger partial charge in [-0.15, -0.1) is 11.3 Å². The fraction of sp³-hybridized carbons (Fsp3) is 0. The standard InChI is InChI=1S/C11H8IN3OS2/c12-7-3-4-9(13-6-7)14-11(17)15-10(16)8-2-1-5-18-8/h1-6H,(H2,13,14,15,16,17). The monoisotopic (exact) mass is 389 g/mol. The van der Waals surface area contributed by atoms with E-state index in [-0.39, 0.29) is 11.0 Å². The first-order chi connectivity index (χ1) is 8.65. The molecule has 0 aromatic carbocycles. The number of hydrogen-bond acceptors (Lipinski definition) is 4. The molecule has 2 N–H and O–H groups in total. The van der Waals surface area contributed by atoms with Crippen LogP contribution in [0, 0.1) is 3.57 Å². The predicted molar refractivity (Wildman–Crippen MR) is 85.0 cm³/mol. The highest BCUT2D eigenvalue weighted by Crippen LogP contribution is 2.09. The van der Waals surface area contributed by atoms with Gasteiger partial charge in [0.05, 0.1) is 4.88 Å². The molecule has 0 aliphatic heterocycles. The summed E-state index contributed by atoms with van der Waals surface area (Å²) in [5.41, 5.74) is 0. The minimum atomic E-state index is -0.215. The van der Waals surface area contributed by atoms with Gasteiger partial charge in [-0.1, -0.05) is 6.07 Å². The number of carbonyl (C=O) groups is 1. The highest BCUT2D eigenvalue weighted by Gasteiger charge is 2.08. The highest BCUT2D eigenvalue weighted by atomic mass is 127. The highest BCUT2D eigenvalue weighted by molar-refractivity contribution is 14.1. The van der Waals surface area contributed by atoms with Gasteiger partial charge in [0, 0.05) is 9.77 Å². The molecule has 0 aliphatic carbocycles. The molecule has 0 fully saturated rings. The Balaban J connectivity index is 1.93. The Morgan fingerprint density at radius 2 is 2.22 bits per heavy atom. The summed E-state index contributed by atoms with van der Waals surface area (Å²) in [4.78, 5) is 16.5. The smallest absolute Gasteiger partial charge is 0.267 e. The van der Waals surface area contributed by atoms with Gasteiger partial charge in [0.1, 0.15) is 5.82 Å². The lowest BCUT2D eigenvalue weighted by molar-refractivity contribution is 0.0981. The largest absolute Gasteiger partial charge is 0.317 e. The summed E-state index contributed by atoms with van der Waals surface area (Å²) in [6.45, 7) is 0. The third-order valence-electron chi connectivity index (χ3n) is 1.94. The Hall–Kier alpha value is -1.06. The summed E-state index contributed by atoms with van der Waals surface area (Å²) < 4.78 is 1.03. The number of thiophene rings is 1. The molecule has 2 heterocycles. The van der Waals surface area contributed by atoms with Gasteiger partial charge in [-0.2, -0.15) is 0 Å². The van der Waals surface area contributed by atoms with Crippen LogP contribution >= 0.6 is 46.1 Å². The van der Waals surface area contributed by atoms with Crippen LogP contribution in [0.15, 0.2) is 35.8 Å². The molecule has 7 heteroatoms. The van der Waals surface area contributed by atoms with Crippen LogP contribution in [0.25, 0.3) is 0 Å². The van der Waals surface area contributed by atoms with Crippen LogP contribution in [0.5, 0.6) is 0 Å². The van der Waals surface area contributed by atoms with Gasteiger partial charge in [-0.05, 0) is 58.4 Å². The lowest BCUT2D eigenvalue weighted by Crippen LogP contribution is -2.33. The van der Waals surface area contributed by atoms with E-state index >= 15 is 0 Å². The van der Waals surface area contributed by atoms with Crippen molar-refractivity contribution in [2.75, 3.05) is 5.32 Å². The van der Waals surface area contributed by atoms with E-state index in [4.69, 9.17) is 12.2 Å². The average Bonchev–Trinajstić information content (AvgIpc) is 2.85. The second kappa shape index (κ2) is 6.21. The fourth-order valence-corrected chi connectivity index (χ4v) is 2.31. The fourth-order valence-electron chi connectivity index (χ4n) is 1.17. The third-order valence-corrected chi connectivity index (χ3v) is 3.65. The minimum absolute atomic E-state index is 0.215. The number of pyridine rings is 1. The summed E-state index contributed by atoms with van der Waals surface area (Å²) >= 11 is 8.57. The lowest BCUT2D eigenvalue weighted by Gasteiger charge is -2.07. The number of aromatic nitrogens is 1. The van der Waals surface area contributed by atoms with E-state index in [0.29, 0.717) is 10.7 Å². The molecule has 18 heavy (non-hydrogen) atoms. The molecule has 2 aromatic rings. The zero-order valence-electron chi connectivity index (χ0n) is 9.01. The number of anilines is 1. The zero-order chi connectivity index (χ0) is 13.0. The summed E-state index contributed by atoms with van der Waals surface area (Å²) in [5.74, 6) is 0.389. The van der Waals surface area contributed by atoms with Crippen LogP contribution in [-0.4, -0.2) is 16.0 Å². The minimum Gasteiger partial charge on any atom is -0.317 e. The molecule has 92 valence electrons. The molecule has 1 amide bonds. The summed E-state index contributed by atoms with van der Waals surface area (Å²) in [7, 11) is 0. The van der Waals surface area contributed by atoms with Crippen LogP contribution < -0.4 is 10.6 Å². The number of nitrogens with one attached hydrogen (secondary N) is 2. The van der Waals surface area contributed by atoms with Crippen LogP contribution in [0.2, 0.25) is 0 Å². The van der Waals surface area contributed by atoms with Crippen molar-refractivity contribution in [3.8, 4) is 0 Å². The number of nitrogens with zero attached hydrogens (tertiary/aromatic N) is 1. The van der Waals surface area contributed by atoms with E-state index in [1.807, 2.05) is 17.5 Å². The predicted octanol–water partition coefficient (Wildman–Crippen LogP) is 2.87. The van der Waals surface area contributed by atoms with E-state index in [2.05, 4.69) is 38.2 Å². The molecular weight excluding hydrogens is 381 g/mol. The van der Waals surface area contributed by atoms with Gasteiger partial charge in [0.15, 0.2) is 5.11 Å². The number of halogens is 1. The van der Waals surface area contributed by atoms with Crippen molar-refractivity contribution in [3.05, 3.63) is 44.3 Å². The normalized spacial score (nSPS) is 9.83. The Bertz CT molecular complexity index is 554. The Morgan fingerprint density at radius 1 is 1.39 bits per heavy atom. The van der Waals surface area contributed by atoms with Crippen molar-refractivity contribution in [1.82, 2.24) is 10.3 Å². The molecule has 0 atom stereocenters. The van der Waals surface area contributed by atoms with Crippen molar-refractivity contribution in [3.63, 3.8) is 0 Å². The molecule has 0 bridgehead atoms. The first kappa shape index (κ1) is 13.4. The number of rotatable bonds is 2. The van der Waals surface area contributed by atoms with Crippen molar-refractivity contribution < 1.29 is 4.79 Å². The molecule has 0 radical (unpaired) electrons. The zero-order valence-corrected chi connectivity index (χ0v) is 12.8. The number of thiocarbonyl (C=S) groups is 1. The molecule has 2 rings (SSSR count). The van der Waals surface area contributed by atoms with Crippen LogP contribution in [0.3, 0.4) is 0 Å². The molecule has 0 saturated carbocycles. The van der Waals surface area contributed by atoms with Gasteiger partial charge >= 0.3 is 0 Å². The Kier molecular flexibility index (Phi) is 4.61. The first-order valence-corrected chi connectivity index (χ1v) is 7.29. The summed E-state index contributed by atoms with van der Waals surface area (Å²) in [6.07, 6.45) is 1.71. The molecule has 4 nitrogen and oxygen atoms in total. The van der Waals surface area contributed by atoms with Crippen LogP contribution in [-0.2, 0) is 0 Å². The molecule has 0 unspecified atom stereocenters. The topological polar surface area (TPSA) is 54.0 Å². The Labute approximate surface area is 127 Å². The van der Waals surface area contributed by atoms with Gasteiger partial charge in [0.25, 0.3) is 5.91 Å². The second-order valence-electron chi connectivity index (χ2n) is 3.25. The number of hydrogen-bond donors (Lipinski definition) is 2. The molecule has 0 saturated heterocycles. The number of carbonyl (C=O) groups excluding carboxylic acids is 1. The summed E-state index contributed by atoms with van der Waals surface area (Å²) in [5, 5.41) is 7.52. The van der Waals surface area contributed by atoms with Gasteiger partial charge in [-0.3, -0.25) is 10.1 Å². The summed E-state index contributed by atoms with van der Waals surface area (Å²) in [6, 6.07) is 7.26. The SMILES string of the molecule is O=C(NC(=S)Nc1ccc(I)cn1)c1cccs1. The van der Waals surface area contributed by atoms with Gasteiger partial charge in [-0.25, -0.2) is 4.98 Å². The Morgan fingerprint density at radius 3 is 2.83 bits per heavy atom. The second-order valence-corrected chi connectivity index (χ2v) is 5.85. The van der Waals surface area contributed by atoms with Crippen molar-refractivity contribution >= 4 is 63.0 Å². The molecule has 0 spiro atoms. The van der Waals surface area contributed by atoms with Crippen LogP contribution in [0.1, 0.15) is 9.67 Å². The molecular formula is C11H8IN3OS2. The van der Waals surface area contributed by atoms with E-state index in [1.165, 1.54) is 11.3 Å². The quantitative estimate of drug-likeness (QED) is 0.613. The van der Waals surface area contributed by atoms with Gasteiger partial charge < -0.3 is 5.32 Å². The molecule has 2 aromatic heterocycles. The maximum Gasteiger partial charge on any atom is 0.267 e. The van der Waals surface area contributed by atoms with E-state index in [9.17, 15) is 4.79 Å². The van der Waals surface area contributed by atoms with E-state index < -0.39 is 0 Å². The maximum atomic E-state index is 11.7. The van der Waals surface area contributed by atoms with E-state index in [0.717, 1.165) is 3.57 Å². The van der Waals surface area contributed by atoms with E-state index in [1.54, 1.807) is 18.3 Å². The lowest BCUT2D eigenvalue weighted by atomic mass is 10.4. The van der Waals surface area contributed by atoms with Crippen LogP contribution in [0.4, 0.5) is 5.82 Å². The van der Waals surface area contributed by atoms with Crippen molar-refractivity contribution in [1.29, 1.82) is 0 Å². The molecule has 0 aliphatic rings. The number of amides is 1. The maximum absolute atomic E-state index is 11.7. The van der Waals surface area contributed by atoms with Crippen molar-refractivity contribution in [2.24, 2.45) is 0 Å². The average molecular weight is 389 g/mol.